The predicted octanol–water partition coefficient (Wildman–Crippen LogP) is 5.00. The molecule has 2 aromatic rings. The van der Waals surface area contributed by atoms with Crippen LogP contribution in [-0.2, 0) is 43.4 Å². The highest BCUT2D eigenvalue weighted by molar-refractivity contribution is 5.86. The van der Waals surface area contributed by atoms with Gasteiger partial charge in [-0.2, -0.15) is 0 Å². The third-order valence-electron chi connectivity index (χ3n) is 8.17. The molecular formula is C37H49N3O7. The zero-order valence-electron chi connectivity index (χ0n) is 27.2. The number of carbonyl (C=O) groups is 4. The molecule has 1 aliphatic heterocycles. The maximum absolute atomic E-state index is 13.5. The van der Waals surface area contributed by atoms with Crippen molar-refractivity contribution >= 4 is 23.9 Å². The van der Waals surface area contributed by atoms with Gasteiger partial charge in [-0.3, -0.25) is 14.4 Å². The van der Waals surface area contributed by atoms with Gasteiger partial charge in [0, 0.05) is 25.9 Å². The monoisotopic (exact) mass is 647 g/mol. The lowest BCUT2D eigenvalue weighted by Gasteiger charge is -2.36. The van der Waals surface area contributed by atoms with Gasteiger partial charge in [-0.15, -0.1) is 13.2 Å². The van der Waals surface area contributed by atoms with Crippen LogP contribution in [0, 0.1) is 5.92 Å². The van der Waals surface area contributed by atoms with Gasteiger partial charge in [-0.25, -0.2) is 4.79 Å². The average Bonchev–Trinajstić information content (AvgIpc) is 3.09. The van der Waals surface area contributed by atoms with Crippen LogP contribution in [0.15, 0.2) is 79.9 Å². The van der Waals surface area contributed by atoms with Crippen molar-refractivity contribution in [1.29, 1.82) is 0 Å². The number of carbonyl (C=O) groups excluding carboxylic acids is 4. The molecule has 1 heterocycles. The molecule has 2 aromatic carbocycles. The molecule has 0 radical (unpaired) electrons. The number of hydrogen-bond donors (Lipinski definition) is 3. The Labute approximate surface area is 278 Å². The highest BCUT2D eigenvalue weighted by atomic mass is 16.5. The van der Waals surface area contributed by atoms with Crippen LogP contribution in [0.3, 0.4) is 0 Å². The summed E-state index contributed by atoms with van der Waals surface area (Å²) in [4.78, 5) is 53.1. The Hall–Kier alpha value is -4.44. The first-order valence-corrected chi connectivity index (χ1v) is 16.4. The van der Waals surface area contributed by atoms with Crippen LogP contribution < -0.4 is 10.6 Å². The van der Waals surface area contributed by atoms with Crippen LogP contribution in [0.4, 0.5) is 4.79 Å². The first-order valence-electron chi connectivity index (χ1n) is 16.4. The number of benzene rings is 2. The Kier molecular flexibility index (Phi) is 16.3. The fourth-order valence-corrected chi connectivity index (χ4v) is 5.51. The first-order chi connectivity index (χ1) is 22.8. The average molecular weight is 648 g/mol. The molecule has 3 rings (SSSR count). The van der Waals surface area contributed by atoms with Crippen molar-refractivity contribution in [2.24, 2.45) is 5.92 Å². The summed E-state index contributed by atoms with van der Waals surface area (Å²) in [5, 5.41) is 15.8. The summed E-state index contributed by atoms with van der Waals surface area (Å²) < 4.78 is 10.7. The zero-order chi connectivity index (χ0) is 33.9. The normalized spacial score (nSPS) is 15.0. The Balaban J connectivity index is 1.54. The van der Waals surface area contributed by atoms with Crippen molar-refractivity contribution in [3.63, 3.8) is 0 Å². The molecule has 0 aromatic heterocycles. The summed E-state index contributed by atoms with van der Waals surface area (Å²) in [5.41, 5.74) is 3.03. The van der Waals surface area contributed by atoms with Crippen molar-refractivity contribution in [3.8, 4) is 0 Å². The second-order valence-electron chi connectivity index (χ2n) is 11.8. The van der Waals surface area contributed by atoms with Crippen LogP contribution in [0.5, 0.6) is 0 Å². The second kappa shape index (κ2) is 20.6. The smallest absolute Gasteiger partial charge is 0.407 e. The van der Waals surface area contributed by atoms with Crippen LogP contribution in [0.1, 0.15) is 68.1 Å². The van der Waals surface area contributed by atoms with Gasteiger partial charge in [-0.05, 0) is 61.6 Å². The number of nitrogens with one attached hydrogen (secondary N) is 2. The number of rotatable bonds is 20. The number of amides is 3. The van der Waals surface area contributed by atoms with Crippen molar-refractivity contribution in [1.82, 2.24) is 15.5 Å². The van der Waals surface area contributed by atoms with E-state index in [-0.39, 0.29) is 62.9 Å². The van der Waals surface area contributed by atoms with Crippen LogP contribution in [0.25, 0.3) is 0 Å². The number of allylic oxidation sites excluding steroid dienone is 2. The van der Waals surface area contributed by atoms with Gasteiger partial charge in [-0.1, -0.05) is 66.7 Å². The third-order valence-corrected chi connectivity index (χ3v) is 8.17. The highest BCUT2D eigenvalue weighted by Gasteiger charge is 2.32. The number of aliphatic hydroxyl groups excluding tert-OH is 1. The predicted molar refractivity (Wildman–Crippen MR) is 180 cm³/mol. The van der Waals surface area contributed by atoms with E-state index in [1.165, 1.54) is 0 Å². The fourth-order valence-electron chi connectivity index (χ4n) is 5.51. The van der Waals surface area contributed by atoms with Crippen molar-refractivity contribution in [3.05, 3.63) is 96.6 Å². The molecule has 3 N–H and O–H groups in total. The quantitative estimate of drug-likeness (QED) is 0.105. The summed E-state index contributed by atoms with van der Waals surface area (Å²) >= 11 is 0. The maximum Gasteiger partial charge on any atom is 0.407 e. The minimum absolute atomic E-state index is 0.00450. The van der Waals surface area contributed by atoms with E-state index in [9.17, 15) is 24.3 Å². The topological polar surface area (TPSA) is 134 Å². The summed E-state index contributed by atoms with van der Waals surface area (Å²) in [7, 11) is 0. The van der Waals surface area contributed by atoms with Gasteiger partial charge >= 0.3 is 12.1 Å². The van der Waals surface area contributed by atoms with Crippen molar-refractivity contribution in [2.75, 3.05) is 19.8 Å². The van der Waals surface area contributed by atoms with Gasteiger partial charge < -0.3 is 30.1 Å². The molecule has 0 bridgehead atoms. The van der Waals surface area contributed by atoms with Gasteiger partial charge in [0.1, 0.15) is 13.2 Å². The van der Waals surface area contributed by atoms with E-state index >= 15 is 0 Å². The Morgan fingerprint density at radius 3 is 2.43 bits per heavy atom. The molecule has 10 heteroatoms. The number of alkyl carbamates (subject to hydrolysis) is 1. The maximum atomic E-state index is 13.5. The van der Waals surface area contributed by atoms with Crippen molar-refractivity contribution < 1.29 is 33.8 Å². The molecule has 0 saturated carbocycles. The standard InChI is InChI=1S/C37H49N3O7/c1-3-5-7-20-35(43)46-27-32(19-12-13-21-38-37(45)47-26-28-15-8-6-9-16-28)39-36(44)30(14-4-2)23-34(42)40-24-31-18-11-10-17-29(31)22-33(40)25-41/h3-4,6,8-11,15-18,30,32-33,41H,1-2,5,7,12-14,19-27H2,(H,38,45)(H,39,44). The second-order valence-corrected chi connectivity index (χ2v) is 11.8. The Bertz CT molecular complexity index is 1320. The van der Waals surface area contributed by atoms with E-state index < -0.39 is 18.1 Å². The number of unbranched alkanes of at least 4 members (excludes halogenated alkanes) is 2. The largest absolute Gasteiger partial charge is 0.463 e. The first kappa shape index (κ1) is 37.0. The van der Waals surface area contributed by atoms with Gasteiger partial charge in [0.15, 0.2) is 0 Å². The molecule has 254 valence electrons. The number of ether oxygens (including phenoxy) is 2. The number of esters is 1. The Morgan fingerprint density at radius 2 is 1.70 bits per heavy atom. The molecule has 1 aliphatic rings. The lowest BCUT2D eigenvalue weighted by atomic mass is 9.92. The molecule has 0 aliphatic carbocycles. The van der Waals surface area contributed by atoms with Crippen LogP contribution in [0.2, 0.25) is 0 Å². The number of aliphatic hydroxyl groups is 1. The van der Waals surface area contributed by atoms with E-state index in [2.05, 4.69) is 23.8 Å². The fraction of sp³-hybridized carbons (Fsp3) is 0.459. The SMILES string of the molecule is C=CCCCC(=O)OCC(CCCCNC(=O)OCc1ccccc1)NC(=O)C(CC=C)CC(=O)N1Cc2ccccc2CC1CO. The molecule has 47 heavy (non-hydrogen) atoms. The molecule has 0 fully saturated rings. The lowest BCUT2D eigenvalue weighted by Crippen LogP contribution is -2.48. The van der Waals surface area contributed by atoms with Gasteiger partial charge in [0.05, 0.1) is 24.6 Å². The van der Waals surface area contributed by atoms with Crippen molar-refractivity contribution in [2.45, 2.75) is 83.0 Å². The Morgan fingerprint density at radius 1 is 0.957 bits per heavy atom. The van der Waals surface area contributed by atoms with Crippen LogP contribution >= 0.6 is 0 Å². The number of fused-ring (bicyclic) bond motifs is 1. The minimum Gasteiger partial charge on any atom is -0.463 e. The molecular weight excluding hydrogens is 598 g/mol. The summed E-state index contributed by atoms with van der Waals surface area (Å²) in [6.07, 6.45) is 6.98. The molecule has 10 nitrogen and oxygen atoms in total. The van der Waals surface area contributed by atoms with E-state index in [0.717, 1.165) is 16.7 Å². The molecule has 3 unspecified atom stereocenters. The molecule has 3 atom stereocenters. The minimum atomic E-state index is -0.677. The number of nitrogens with zero attached hydrogens (tertiary/aromatic N) is 1. The van der Waals surface area contributed by atoms with Gasteiger partial charge in [0.2, 0.25) is 11.8 Å². The zero-order valence-corrected chi connectivity index (χ0v) is 27.2. The van der Waals surface area contributed by atoms with E-state index in [1.807, 2.05) is 54.6 Å². The molecule has 0 saturated heterocycles. The molecule has 3 amide bonds. The van der Waals surface area contributed by atoms with Gasteiger partial charge in [0.25, 0.3) is 0 Å². The lowest BCUT2D eigenvalue weighted by molar-refractivity contribution is -0.145. The summed E-state index contributed by atoms with van der Waals surface area (Å²) in [6.45, 7) is 8.22. The van der Waals surface area contributed by atoms with E-state index in [1.54, 1.807) is 17.1 Å². The molecule has 0 spiro atoms. The summed E-state index contributed by atoms with van der Waals surface area (Å²) in [5.74, 6) is -1.57. The van der Waals surface area contributed by atoms with Crippen LogP contribution in [-0.4, -0.2) is 65.7 Å². The number of hydrogen-bond acceptors (Lipinski definition) is 7. The third kappa shape index (κ3) is 13.1. The van der Waals surface area contributed by atoms with E-state index in [0.29, 0.717) is 51.6 Å². The summed E-state index contributed by atoms with van der Waals surface area (Å²) in [6, 6.07) is 16.4. The highest BCUT2D eigenvalue weighted by Crippen LogP contribution is 2.25. The van der Waals surface area contributed by atoms with E-state index in [4.69, 9.17) is 9.47 Å².